The third-order valence-corrected chi connectivity index (χ3v) is 6.81. The summed E-state index contributed by atoms with van der Waals surface area (Å²) in [5, 5.41) is 6.67. The monoisotopic (exact) mass is 491 g/mol. The van der Waals surface area contributed by atoms with Gasteiger partial charge in [-0.05, 0) is 37.1 Å². The average molecular weight is 492 g/mol. The number of nitrogens with zero attached hydrogens (tertiary/aromatic N) is 3. The average Bonchev–Trinajstić information content (AvgIpc) is 3.24. The zero-order chi connectivity index (χ0) is 24.9. The fraction of sp³-hybridized carbons (Fsp3) is 0.308. The molecule has 5 rings (SSSR count). The minimum Gasteiger partial charge on any atom is -0.347 e. The molecule has 35 heavy (non-hydrogen) atoms. The molecule has 0 saturated carbocycles. The smallest absolute Gasteiger partial charge is 0.331 e. The molecule has 4 amide bonds. The van der Waals surface area contributed by atoms with Crippen LogP contribution in [0.25, 0.3) is 10.2 Å². The van der Waals surface area contributed by atoms with E-state index in [0.29, 0.717) is 34.2 Å². The Kier molecular flexibility index (Phi) is 7.45. The Morgan fingerprint density at radius 1 is 1.26 bits per heavy atom. The maximum atomic E-state index is 13.2. The van der Waals surface area contributed by atoms with Gasteiger partial charge in [0.05, 0.1) is 22.4 Å². The van der Waals surface area contributed by atoms with E-state index in [0.717, 1.165) is 23.9 Å². The Bertz CT molecular complexity index is 1260. The molecule has 1 unspecified atom stereocenters. The Morgan fingerprint density at radius 3 is 2.71 bits per heavy atom. The van der Waals surface area contributed by atoms with Crippen molar-refractivity contribution < 1.29 is 14.4 Å². The van der Waals surface area contributed by atoms with Gasteiger partial charge in [0.2, 0.25) is 5.91 Å². The Hall–Kier alpha value is -3.72. The predicted octanol–water partition coefficient (Wildman–Crippen LogP) is 5.30. The highest BCUT2D eigenvalue weighted by molar-refractivity contribution is 7.21. The number of hydrogen-bond acceptors (Lipinski definition) is 5. The van der Waals surface area contributed by atoms with Crippen LogP contribution in [0.1, 0.15) is 42.8 Å². The molecule has 1 fully saturated rings. The van der Waals surface area contributed by atoms with Gasteiger partial charge in [-0.15, -0.1) is 11.3 Å². The van der Waals surface area contributed by atoms with Gasteiger partial charge in [0, 0.05) is 25.3 Å². The third-order valence-electron chi connectivity index (χ3n) is 5.71. The predicted molar refractivity (Wildman–Crippen MR) is 140 cm³/mol. The lowest BCUT2D eigenvalue weighted by atomic mass is 10.1. The van der Waals surface area contributed by atoms with Gasteiger partial charge >= 0.3 is 6.03 Å². The number of benzene rings is 1. The molecule has 0 radical (unpaired) electrons. The molecule has 2 aromatic heterocycles. The summed E-state index contributed by atoms with van der Waals surface area (Å²) in [4.78, 5) is 47.0. The number of nitrogens with one attached hydrogen (secondary N) is 2. The normalized spacial score (nSPS) is 16.7. The number of aromatic nitrogens is 1. The number of carbonyl (C=O) groups is 3. The zero-order valence-corrected chi connectivity index (χ0v) is 20.7. The van der Waals surface area contributed by atoms with E-state index in [1.54, 1.807) is 22.1 Å². The lowest BCUT2D eigenvalue weighted by Crippen LogP contribution is -2.49. The van der Waals surface area contributed by atoms with Crippen molar-refractivity contribution in [2.24, 2.45) is 0 Å². The summed E-state index contributed by atoms with van der Waals surface area (Å²) >= 11 is 1.25. The van der Waals surface area contributed by atoms with Gasteiger partial charge < -0.3 is 15.5 Å². The number of likely N-dealkylation sites (tertiary alicyclic amines) is 1. The molecular formula is C26H29N5O3S. The summed E-state index contributed by atoms with van der Waals surface area (Å²) in [7, 11) is 0. The van der Waals surface area contributed by atoms with Crippen molar-refractivity contribution in [3.63, 3.8) is 0 Å². The maximum Gasteiger partial charge on any atom is 0.331 e. The maximum absolute atomic E-state index is 13.2. The Balaban J connectivity index is 0.000000917. The largest absolute Gasteiger partial charge is 0.347 e. The highest BCUT2D eigenvalue weighted by atomic mass is 32.1. The number of thiophene rings is 1. The van der Waals surface area contributed by atoms with Gasteiger partial charge in [-0.1, -0.05) is 45.0 Å². The number of para-hydroxylation sites is 1. The molecule has 8 nitrogen and oxygen atoms in total. The molecule has 182 valence electrons. The van der Waals surface area contributed by atoms with Crippen molar-refractivity contribution in [3.05, 3.63) is 60.1 Å². The van der Waals surface area contributed by atoms with Crippen molar-refractivity contribution in [1.82, 2.24) is 15.2 Å². The van der Waals surface area contributed by atoms with E-state index >= 15 is 0 Å². The fourth-order valence-electron chi connectivity index (χ4n) is 4.25. The van der Waals surface area contributed by atoms with Crippen molar-refractivity contribution in [1.29, 1.82) is 0 Å². The highest BCUT2D eigenvalue weighted by Gasteiger charge is 2.33. The number of urea groups is 1. The molecule has 1 atom stereocenters. The minimum absolute atomic E-state index is 0.136. The second-order valence-electron chi connectivity index (χ2n) is 8.43. The lowest BCUT2D eigenvalue weighted by Gasteiger charge is -2.32. The molecule has 9 heteroatoms. The van der Waals surface area contributed by atoms with Gasteiger partial charge in [-0.2, -0.15) is 0 Å². The molecule has 2 aliphatic heterocycles. The van der Waals surface area contributed by atoms with Crippen LogP contribution in [0.4, 0.5) is 21.9 Å². The first-order valence-electron chi connectivity index (χ1n) is 11.8. The molecule has 3 aromatic rings. The zero-order valence-electron chi connectivity index (χ0n) is 19.9. The Morgan fingerprint density at radius 2 is 2.00 bits per heavy atom. The number of amides is 4. The molecule has 0 spiro atoms. The summed E-state index contributed by atoms with van der Waals surface area (Å²) in [6.45, 7) is 8.88. The molecule has 0 aliphatic carbocycles. The number of hydrogen-bond donors (Lipinski definition) is 2. The van der Waals surface area contributed by atoms with Crippen LogP contribution in [0.15, 0.2) is 55.3 Å². The summed E-state index contributed by atoms with van der Waals surface area (Å²) in [6.07, 6.45) is 5.78. The molecular weight excluding hydrogens is 462 g/mol. The van der Waals surface area contributed by atoms with Crippen LogP contribution in [-0.4, -0.2) is 46.9 Å². The summed E-state index contributed by atoms with van der Waals surface area (Å²) in [5.74, 6) is -0.414. The number of rotatable bonds is 4. The quantitative estimate of drug-likeness (QED) is 0.484. The number of pyridine rings is 1. The third kappa shape index (κ3) is 4.90. The first-order valence-corrected chi connectivity index (χ1v) is 12.6. The van der Waals surface area contributed by atoms with Crippen LogP contribution >= 0.6 is 11.3 Å². The lowest BCUT2D eigenvalue weighted by molar-refractivity contribution is -0.127. The van der Waals surface area contributed by atoms with Crippen molar-refractivity contribution in [2.75, 3.05) is 23.3 Å². The first kappa shape index (κ1) is 24.4. The topological polar surface area (TPSA) is 94.6 Å². The molecule has 2 N–H and O–H groups in total. The van der Waals surface area contributed by atoms with Crippen LogP contribution in [0.5, 0.6) is 0 Å². The summed E-state index contributed by atoms with van der Waals surface area (Å²) in [6, 6.07) is 10.6. The van der Waals surface area contributed by atoms with Gasteiger partial charge in [-0.25, -0.2) is 9.78 Å². The van der Waals surface area contributed by atoms with Crippen LogP contribution in [0.3, 0.4) is 0 Å². The van der Waals surface area contributed by atoms with Crippen LogP contribution < -0.4 is 15.5 Å². The van der Waals surface area contributed by atoms with E-state index in [4.69, 9.17) is 0 Å². The van der Waals surface area contributed by atoms with E-state index < -0.39 is 0 Å². The molecule has 2 aliphatic rings. The van der Waals surface area contributed by atoms with E-state index in [1.165, 1.54) is 23.8 Å². The van der Waals surface area contributed by atoms with Crippen LogP contribution in [0, 0.1) is 0 Å². The number of anilines is 3. The van der Waals surface area contributed by atoms with Gasteiger partial charge in [-0.3, -0.25) is 14.5 Å². The second-order valence-corrected chi connectivity index (χ2v) is 9.42. The van der Waals surface area contributed by atoms with Crippen molar-refractivity contribution >= 4 is 56.5 Å². The molecule has 0 bridgehead atoms. The fourth-order valence-corrected chi connectivity index (χ4v) is 5.28. The highest BCUT2D eigenvalue weighted by Crippen LogP contribution is 2.45. The van der Waals surface area contributed by atoms with E-state index in [-0.39, 0.29) is 23.9 Å². The number of carbonyl (C=O) groups excluding carboxylic acids is 3. The Labute approximate surface area is 208 Å². The summed E-state index contributed by atoms with van der Waals surface area (Å²) in [5.41, 5.74) is 1.91. The van der Waals surface area contributed by atoms with Crippen LogP contribution in [-0.2, 0) is 4.79 Å². The standard InChI is InChI=1S/C23H21N5O3S.C3H8/c1-2-17(29)27-12-6-7-14(13-27)25-21(30)20-19-18-16(10-11-24-22(18)32-20)28(23(31)26-19)15-8-4-3-5-9-15;1-3-2/h2-5,8-11,14H,1,6-7,12-13H2,(H,25,30)(H,26,31);3H2,1-2H3. The van der Waals surface area contributed by atoms with Gasteiger partial charge in [0.25, 0.3) is 5.91 Å². The van der Waals surface area contributed by atoms with Gasteiger partial charge in [0.15, 0.2) is 0 Å². The summed E-state index contributed by atoms with van der Waals surface area (Å²) < 4.78 is 0. The van der Waals surface area contributed by atoms with Gasteiger partial charge in [0.1, 0.15) is 9.71 Å². The minimum atomic E-state index is -0.330. The molecule has 4 heterocycles. The van der Waals surface area contributed by atoms with E-state index in [1.807, 2.05) is 30.3 Å². The van der Waals surface area contributed by atoms with Crippen molar-refractivity contribution in [2.45, 2.75) is 39.2 Å². The number of piperidine rings is 1. The van der Waals surface area contributed by atoms with Crippen molar-refractivity contribution in [3.8, 4) is 0 Å². The first-order chi connectivity index (χ1) is 17.0. The van der Waals surface area contributed by atoms with E-state index in [2.05, 4.69) is 36.0 Å². The van der Waals surface area contributed by atoms with Crippen LogP contribution in [0.2, 0.25) is 0 Å². The SMILES string of the molecule is C=CC(=O)N1CCCC(NC(=O)c2sc3nccc4c3c2NC(=O)N4c2ccccc2)C1.CCC. The van der Waals surface area contributed by atoms with E-state index in [9.17, 15) is 14.4 Å². The molecule has 1 aromatic carbocycles. The molecule has 1 saturated heterocycles. The second kappa shape index (κ2) is 10.7.